The average molecular weight is 240 g/mol. The van der Waals surface area contributed by atoms with E-state index in [0.29, 0.717) is 6.29 Å². The Labute approximate surface area is 97.3 Å². The number of esters is 3. The molecule has 2 rings (SSSR count). The maximum Gasteiger partial charge on any atom is 0.317 e. The first-order valence-electron chi connectivity index (χ1n) is 5.37. The molecule has 0 amide bonds. The van der Waals surface area contributed by atoms with Gasteiger partial charge in [-0.2, -0.15) is 0 Å². The number of carbonyl (C=O) groups excluding carboxylic acids is 4. The Morgan fingerprint density at radius 1 is 1.47 bits per heavy atom. The van der Waals surface area contributed by atoms with Crippen LogP contribution in [0.4, 0.5) is 0 Å². The molecule has 1 aliphatic heterocycles. The van der Waals surface area contributed by atoms with Gasteiger partial charge in [-0.1, -0.05) is 0 Å². The van der Waals surface area contributed by atoms with Crippen molar-refractivity contribution in [3.8, 4) is 0 Å². The molecule has 1 saturated carbocycles. The van der Waals surface area contributed by atoms with E-state index >= 15 is 0 Å². The van der Waals surface area contributed by atoms with Crippen molar-refractivity contribution in [1.29, 1.82) is 0 Å². The van der Waals surface area contributed by atoms with Crippen molar-refractivity contribution in [1.82, 2.24) is 0 Å². The van der Waals surface area contributed by atoms with Gasteiger partial charge in [-0.3, -0.25) is 14.4 Å². The predicted molar refractivity (Wildman–Crippen MR) is 52.4 cm³/mol. The number of rotatable bonds is 3. The fraction of sp³-hybridized carbons (Fsp3) is 0.636. The first-order chi connectivity index (χ1) is 8.10. The topological polar surface area (TPSA) is 86.7 Å². The predicted octanol–water partition coefficient (Wildman–Crippen LogP) is -0.300. The highest BCUT2D eigenvalue weighted by Gasteiger charge is 2.58. The van der Waals surface area contributed by atoms with Crippen LogP contribution in [0.25, 0.3) is 0 Å². The zero-order valence-corrected chi connectivity index (χ0v) is 9.25. The lowest BCUT2D eigenvalue weighted by molar-refractivity contribution is -0.156. The zero-order chi connectivity index (χ0) is 12.6. The van der Waals surface area contributed by atoms with Crippen molar-refractivity contribution in [2.45, 2.75) is 12.8 Å². The molecule has 0 aromatic heterocycles. The molecule has 4 atom stereocenters. The van der Waals surface area contributed by atoms with Gasteiger partial charge in [0.1, 0.15) is 6.29 Å². The second-order valence-electron chi connectivity index (χ2n) is 4.30. The van der Waals surface area contributed by atoms with E-state index in [0.717, 1.165) is 0 Å². The van der Waals surface area contributed by atoms with E-state index in [1.807, 2.05) is 0 Å². The van der Waals surface area contributed by atoms with Crippen LogP contribution in [-0.2, 0) is 28.7 Å². The highest BCUT2D eigenvalue weighted by molar-refractivity contribution is 5.98. The standard InChI is InChI=1S/C11H12O6/c1-16-9(13)6-4-7-8(5(6)2-3-12)11(15)17-10(7)14/h3,5-8H,2,4H2,1H3. The molecule has 2 aliphatic rings. The van der Waals surface area contributed by atoms with Gasteiger partial charge in [-0.25, -0.2) is 0 Å². The van der Waals surface area contributed by atoms with Crippen molar-refractivity contribution in [3.05, 3.63) is 0 Å². The van der Waals surface area contributed by atoms with Gasteiger partial charge in [-0.15, -0.1) is 0 Å². The molecular weight excluding hydrogens is 228 g/mol. The average Bonchev–Trinajstić information content (AvgIpc) is 2.79. The Kier molecular flexibility index (Phi) is 2.95. The monoisotopic (exact) mass is 240 g/mol. The summed E-state index contributed by atoms with van der Waals surface area (Å²) in [5, 5.41) is 0. The van der Waals surface area contributed by atoms with Gasteiger partial charge in [0.15, 0.2) is 0 Å². The Balaban J connectivity index is 2.27. The van der Waals surface area contributed by atoms with Gasteiger partial charge in [0.2, 0.25) is 0 Å². The molecule has 0 aromatic carbocycles. The molecule has 0 spiro atoms. The Bertz CT molecular complexity index is 387. The quantitative estimate of drug-likeness (QED) is 0.382. The molecule has 17 heavy (non-hydrogen) atoms. The second-order valence-corrected chi connectivity index (χ2v) is 4.30. The highest BCUT2D eigenvalue weighted by atomic mass is 16.6. The van der Waals surface area contributed by atoms with Crippen LogP contribution >= 0.6 is 0 Å². The number of fused-ring (bicyclic) bond motifs is 1. The minimum absolute atomic E-state index is 0.0588. The molecule has 1 saturated heterocycles. The fourth-order valence-corrected chi connectivity index (χ4v) is 2.81. The van der Waals surface area contributed by atoms with Gasteiger partial charge < -0.3 is 14.3 Å². The van der Waals surface area contributed by atoms with Crippen LogP contribution in [0.2, 0.25) is 0 Å². The van der Waals surface area contributed by atoms with E-state index < -0.39 is 41.6 Å². The van der Waals surface area contributed by atoms with E-state index in [1.54, 1.807) is 0 Å². The Morgan fingerprint density at radius 3 is 2.76 bits per heavy atom. The number of aldehydes is 1. The lowest BCUT2D eigenvalue weighted by Crippen LogP contribution is -2.27. The van der Waals surface area contributed by atoms with Crippen LogP contribution in [0.1, 0.15) is 12.8 Å². The van der Waals surface area contributed by atoms with E-state index in [2.05, 4.69) is 9.47 Å². The van der Waals surface area contributed by atoms with Crippen LogP contribution < -0.4 is 0 Å². The summed E-state index contributed by atoms with van der Waals surface area (Å²) in [6.45, 7) is 0. The van der Waals surface area contributed by atoms with Gasteiger partial charge >= 0.3 is 17.9 Å². The number of hydrogen-bond donors (Lipinski definition) is 0. The lowest BCUT2D eigenvalue weighted by atomic mass is 9.86. The number of carbonyl (C=O) groups is 4. The van der Waals surface area contributed by atoms with Gasteiger partial charge in [0.05, 0.1) is 24.9 Å². The SMILES string of the molecule is COC(=O)C1CC2C(=O)OC(=O)C2C1CC=O. The van der Waals surface area contributed by atoms with Gasteiger partial charge in [-0.05, 0) is 12.3 Å². The van der Waals surface area contributed by atoms with Crippen molar-refractivity contribution >= 4 is 24.2 Å². The van der Waals surface area contributed by atoms with E-state index in [9.17, 15) is 19.2 Å². The molecular formula is C11H12O6. The summed E-state index contributed by atoms with van der Waals surface area (Å²) >= 11 is 0. The summed E-state index contributed by atoms with van der Waals surface area (Å²) < 4.78 is 9.15. The van der Waals surface area contributed by atoms with E-state index in [4.69, 9.17) is 0 Å². The second kappa shape index (κ2) is 4.27. The Morgan fingerprint density at radius 2 is 2.18 bits per heavy atom. The molecule has 1 heterocycles. The summed E-state index contributed by atoms with van der Waals surface area (Å²) in [4.78, 5) is 45.0. The van der Waals surface area contributed by atoms with E-state index in [-0.39, 0.29) is 12.8 Å². The van der Waals surface area contributed by atoms with Crippen LogP contribution in [0.5, 0.6) is 0 Å². The van der Waals surface area contributed by atoms with Crippen LogP contribution in [0.3, 0.4) is 0 Å². The number of hydrogen-bond acceptors (Lipinski definition) is 6. The summed E-state index contributed by atoms with van der Waals surface area (Å²) in [5.41, 5.74) is 0. The number of cyclic esters (lactones) is 2. The molecule has 1 aliphatic carbocycles. The third kappa shape index (κ3) is 1.73. The third-order valence-electron chi connectivity index (χ3n) is 3.57. The maximum absolute atomic E-state index is 11.5. The Hall–Kier alpha value is -1.72. The van der Waals surface area contributed by atoms with Gasteiger partial charge in [0, 0.05) is 6.42 Å². The summed E-state index contributed by atoms with van der Waals surface area (Å²) in [6, 6.07) is 0. The van der Waals surface area contributed by atoms with Crippen LogP contribution in [-0.4, -0.2) is 31.3 Å². The molecule has 6 nitrogen and oxygen atoms in total. The molecule has 4 unspecified atom stereocenters. The van der Waals surface area contributed by atoms with Crippen molar-refractivity contribution in [3.63, 3.8) is 0 Å². The third-order valence-corrected chi connectivity index (χ3v) is 3.57. The van der Waals surface area contributed by atoms with E-state index in [1.165, 1.54) is 7.11 Å². The summed E-state index contributed by atoms with van der Waals surface area (Å²) in [5.74, 6) is -4.03. The molecule has 0 bridgehead atoms. The van der Waals surface area contributed by atoms with Crippen molar-refractivity contribution in [2.75, 3.05) is 7.11 Å². The molecule has 0 aromatic rings. The normalized spacial score (nSPS) is 35.4. The largest absolute Gasteiger partial charge is 0.469 e. The van der Waals surface area contributed by atoms with Crippen LogP contribution in [0.15, 0.2) is 0 Å². The lowest BCUT2D eigenvalue weighted by Gasteiger charge is -2.17. The minimum Gasteiger partial charge on any atom is -0.469 e. The summed E-state index contributed by atoms with van der Waals surface area (Å²) in [7, 11) is 1.24. The molecule has 92 valence electrons. The number of ether oxygens (including phenoxy) is 2. The zero-order valence-electron chi connectivity index (χ0n) is 9.25. The van der Waals surface area contributed by atoms with Crippen LogP contribution in [0, 0.1) is 23.7 Å². The molecule has 0 radical (unpaired) electrons. The molecule has 6 heteroatoms. The first kappa shape index (κ1) is 11.8. The fourth-order valence-electron chi connectivity index (χ4n) is 2.81. The number of methoxy groups -OCH3 is 1. The van der Waals surface area contributed by atoms with Crippen molar-refractivity contribution in [2.24, 2.45) is 23.7 Å². The smallest absolute Gasteiger partial charge is 0.317 e. The van der Waals surface area contributed by atoms with Crippen molar-refractivity contribution < 1.29 is 28.7 Å². The minimum atomic E-state index is -0.670. The maximum atomic E-state index is 11.5. The highest BCUT2D eigenvalue weighted by Crippen LogP contribution is 2.47. The first-order valence-corrected chi connectivity index (χ1v) is 5.37. The van der Waals surface area contributed by atoms with Gasteiger partial charge in [0.25, 0.3) is 0 Å². The molecule has 0 N–H and O–H groups in total. The summed E-state index contributed by atoms with van der Waals surface area (Å²) in [6.07, 6.45) is 0.933. The molecule has 2 fully saturated rings.